The highest BCUT2D eigenvalue weighted by Gasteiger charge is 2.25. The Kier molecular flexibility index (Phi) is 5.03. The van der Waals surface area contributed by atoms with E-state index in [0.717, 1.165) is 6.07 Å². The molecule has 0 saturated heterocycles. The first-order valence-corrected chi connectivity index (χ1v) is 3.93. The van der Waals surface area contributed by atoms with Crippen LogP contribution in [0, 0.1) is 18.6 Å². The highest BCUT2D eigenvalue weighted by atomic mass is 35.5. The maximum Gasteiger partial charge on any atom is 0.257 e. The van der Waals surface area contributed by atoms with Gasteiger partial charge in [-0.25, -0.2) is 17.6 Å². The predicted octanol–water partition coefficient (Wildman–Crippen LogP) is 2.96. The first-order valence-electron chi connectivity index (χ1n) is 3.93. The third-order valence-electron chi connectivity index (χ3n) is 1.92. The monoisotopic (exact) mass is 243 g/mol. The summed E-state index contributed by atoms with van der Waals surface area (Å²) in [4.78, 5) is 0. The molecule has 0 amide bonds. The lowest BCUT2D eigenvalue weighted by atomic mass is 10.0. The molecule has 0 aliphatic heterocycles. The molecule has 15 heavy (non-hydrogen) atoms. The third kappa shape index (κ3) is 2.82. The van der Waals surface area contributed by atoms with Crippen LogP contribution in [-0.2, 0) is 0 Å². The minimum absolute atomic E-state index is 0. The molecule has 1 aromatic rings. The van der Waals surface area contributed by atoms with Crippen molar-refractivity contribution in [2.75, 3.05) is 0 Å². The summed E-state index contributed by atoms with van der Waals surface area (Å²) in [5.41, 5.74) is 4.32. The van der Waals surface area contributed by atoms with E-state index in [1.807, 2.05) is 0 Å². The van der Waals surface area contributed by atoms with Crippen molar-refractivity contribution in [1.82, 2.24) is 0 Å². The van der Waals surface area contributed by atoms with Gasteiger partial charge in [0.2, 0.25) is 0 Å². The molecule has 1 aromatic carbocycles. The molecule has 0 spiro atoms. The van der Waals surface area contributed by atoms with Crippen molar-refractivity contribution in [3.05, 3.63) is 34.9 Å². The standard InChI is InChI=1S/C9H9F4N.ClH/c1-4-2-3-5(10)6(7(4)11)8(14)9(12)13;/h2-3,8-9H,14H2,1H3;1H/t8-;/m1./s1. The summed E-state index contributed by atoms with van der Waals surface area (Å²) in [6.07, 6.45) is -2.99. The summed E-state index contributed by atoms with van der Waals surface area (Å²) in [5, 5.41) is 0. The Bertz CT molecular complexity index is 343. The largest absolute Gasteiger partial charge is 0.319 e. The van der Waals surface area contributed by atoms with E-state index in [4.69, 9.17) is 5.73 Å². The molecule has 0 heterocycles. The zero-order chi connectivity index (χ0) is 10.9. The molecular formula is C9H10ClF4N. The van der Waals surface area contributed by atoms with E-state index in [0.29, 0.717) is 0 Å². The highest BCUT2D eigenvalue weighted by Crippen LogP contribution is 2.25. The van der Waals surface area contributed by atoms with Crippen LogP contribution in [0.25, 0.3) is 0 Å². The van der Waals surface area contributed by atoms with Crippen LogP contribution in [0.2, 0.25) is 0 Å². The van der Waals surface area contributed by atoms with Crippen LogP contribution in [0.1, 0.15) is 17.2 Å². The molecule has 0 aliphatic carbocycles. The van der Waals surface area contributed by atoms with Gasteiger partial charge in [0.15, 0.2) is 0 Å². The molecule has 1 atom stereocenters. The zero-order valence-electron chi connectivity index (χ0n) is 7.81. The minimum Gasteiger partial charge on any atom is -0.319 e. The lowest BCUT2D eigenvalue weighted by Crippen LogP contribution is -2.22. The first-order chi connectivity index (χ1) is 6.45. The summed E-state index contributed by atoms with van der Waals surface area (Å²) >= 11 is 0. The Hall–Kier alpha value is -0.810. The molecule has 86 valence electrons. The normalized spacial score (nSPS) is 12.5. The summed E-state index contributed by atoms with van der Waals surface area (Å²) in [6.45, 7) is 1.36. The lowest BCUT2D eigenvalue weighted by molar-refractivity contribution is 0.113. The van der Waals surface area contributed by atoms with Gasteiger partial charge in [-0.3, -0.25) is 0 Å². The van der Waals surface area contributed by atoms with Gasteiger partial charge in [0, 0.05) is 5.56 Å². The van der Waals surface area contributed by atoms with Crippen LogP contribution in [0.15, 0.2) is 12.1 Å². The molecule has 0 unspecified atom stereocenters. The molecule has 1 rings (SSSR count). The molecular weight excluding hydrogens is 234 g/mol. The predicted molar refractivity (Wildman–Crippen MR) is 51.3 cm³/mol. The highest BCUT2D eigenvalue weighted by molar-refractivity contribution is 5.85. The van der Waals surface area contributed by atoms with Crippen LogP contribution in [0.4, 0.5) is 17.6 Å². The molecule has 1 nitrogen and oxygen atoms in total. The number of hydrogen-bond donors (Lipinski definition) is 1. The zero-order valence-corrected chi connectivity index (χ0v) is 8.62. The molecule has 0 saturated carbocycles. The fraction of sp³-hybridized carbons (Fsp3) is 0.333. The van der Waals surface area contributed by atoms with Crippen molar-refractivity contribution >= 4 is 12.4 Å². The van der Waals surface area contributed by atoms with Gasteiger partial charge in [0.25, 0.3) is 6.43 Å². The maximum absolute atomic E-state index is 13.2. The number of aryl methyl sites for hydroxylation is 1. The van der Waals surface area contributed by atoms with E-state index in [1.54, 1.807) is 0 Å². The summed E-state index contributed by atoms with van der Waals surface area (Å²) in [5.74, 6) is -2.04. The van der Waals surface area contributed by atoms with Crippen molar-refractivity contribution in [2.45, 2.75) is 19.4 Å². The van der Waals surface area contributed by atoms with Crippen LogP contribution < -0.4 is 5.73 Å². The van der Waals surface area contributed by atoms with Gasteiger partial charge in [-0.15, -0.1) is 12.4 Å². The average molecular weight is 244 g/mol. The molecule has 0 radical (unpaired) electrons. The number of benzene rings is 1. The first kappa shape index (κ1) is 14.2. The van der Waals surface area contributed by atoms with E-state index in [-0.39, 0.29) is 18.0 Å². The van der Waals surface area contributed by atoms with Crippen molar-refractivity contribution in [1.29, 1.82) is 0 Å². The third-order valence-corrected chi connectivity index (χ3v) is 1.92. The Morgan fingerprint density at radius 3 is 2.20 bits per heavy atom. The maximum atomic E-state index is 13.2. The molecule has 2 N–H and O–H groups in total. The topological polar surface area (TPSA) is 26.0 Å². The van der Waals surface area contributed by atoms with E-state index >= 15 is 0 Å². The van der Waals surface area contributed by atoms with Gasteiger partial charge in [0.05, 0.1) is 6.04 Å². The smallest absolute Gasteiger partial charge is 0.257 e. The average Bonchev–Trinajstić information content (AvgIpc) is 2.12. The van der Waals surface area contributed by atoms with Crippen molar-refractivity contribution in [2.24, 2.45) is 5.73 Å². The van der Waals surface area contributed by atoms with Crippen LogP contribution in [0.3, 0.4) is 0 Å². The van der Waals surface area contributed by atoms with Crippen molar-refractivity contribution in [3.63, 3.8) is 0 Å². The molecule has 6 heteroatoms. The van der Waals surface area contributed by atoms with Crippen LogP contribution >= 0.6 is 12.4 Å². The van der Waals surface area contributed by atoms with E-state index in [1.165, 1.54) is 13.0 Å². The molecule has 0 aliphatic rings. The van der Waals surface area contributed by atoms with Crippen molar-refractivity contribution < 1.29 is 17.6 Å². The number of nitrogens with two attached hydrogens (primary N) is 1. The minimum atomic E-state index is -2.99. The Labute approximate surface area is 90.7 Å². The van der Waals surface area contributed by atoms with Gasteiger partial charge in [-0.2, -0.15) is 0 Å². The quantitative estimate of drug-likeness (QED) is 0.794. The van der Waals surface area contributed by atoms with E-state index < -0.39 is 29.7 Å². The second kappa shape index (κ2) is 5.32. The number of halogens is 5. The fourth-order valence-electron chi connectivity index (χ4n) is 1.11. The number of hydrogen-bond acceptors (Lipinski definition) is 1. The Balaban J connectivity index is 0.00000196. The van der Waals surface area contributed by atoms with Gasteiger partial charge in [-0.05, 0) is 18.6 Å². The Morgan fingerprint density at radius 2 is 1.73 bits per heavy atom. The van der Waals surface area contributed by atoms with Gasteiger partial charge >= 0.3 is 0 Å². The van der Waals surface area contributed by atoms with Gasteiger partial charge in [0.1, 0.15) is 11.6 Å². The van der Waals surface area contributed by atoms with Gasteiger partial charge < -0.3 is 5.73 Å². The van der Waals surface area contributed by atoms with Crippen LogP contribution in [0.5, 0.6) is 0 Å². The summed E-state index contributed by atoms with van der Waals surface area (Å²) < 4.78 is 50.5. The molecule has 0 fully saturated rings. The summed E-state index contributed by atoms with van der Waals surface area (Å²) in [7, 11) is 0. The second-order valence-corrected chi connectivity index (χ2v) is 2.95. The second-order valence-electron chi connectivity index (χ2n) is 2.95. The lowest BCUT2D eigenvalue weighted by Gasteiger charge is -2.13. The number of rotatable bonds is 2. The molecule has 0 bridgehead atoms. The fourth-order valence-corrected chi connectivity index (χ4v) is 1.11. The van der Waals surface area contributed by atoms with Gasteiger partial charge in [-0.1, -0.05) is 6.07 Å². The van der Waals surface area contributed by atoms with Crippen molar-refractivity contribution in [3.8, 4) is 0 Å². The molecule has 0 aromatic heterocycles. The number of alkyl halides is 2. The van der Waals surface area contributed by atoms with Crippen LogP contribution in [-0.4, -0.2) is 6.43 Å². The van der Waals surface area contributed by atoms with E-state index in [2.05, 4.69) is 0 Å². The SMILES string of the molecule is Cc1ccc(F)c([C@@H](N)C(F)F)c1F.Cl. The summed E-state index contributed by atoms with van der Waals surface area (Å²) in [6, 6.07) is 0.178. The Morgan fingerprint density at radius 1 is 1.20 bits per heavy atom. The van der Waals surface area contributed by atoms with E-state index in [9.17, 15) is 17.6 Å².